The van der Waals surface area contributed by atoms with E-state index in [0.717, 1.165) is 9.87 Å². The Bertz CT molecular complexity index is 887. The molecule has 0 bridgehead atoms. The van der Waals surface area contributed by atoms with E-state index < -0.39 is 21.2 Å². The lowest BCUT2D eigenvalue weighted by Gasteiger charge is -2.15. The van der Waals surface area contributed by atoms with Crippen LogP contribution in [0.25, 0.3) is 11.4 Å². The van der Waals surface area contributed by atoms with E-state index in [1.807, 2.05) is 24.3 Å². The van der Waals surface area contributed by atoms with Crippen molar-refractivity contribution in [3.05, 3.63) is 35.7 Å². The summed E-state index contributed by atoms with van der Waals surface area (Å²) in [6.45, 7) is 6.12. The molecule has 1 aliphatic heterocycles. The summed E-state index contributed by atoms with van der Waals surface area (Å²) in [5.74, 6) is 0.812. The number of hydrogen-bond donors (Lipinski definition) is 0. The SMILES string of the molecule is CC(C)c1ccc(-c2noc(CCC(=O)N3CCC(C)S3(=O)=O)n2)cc1. The molecule has 1 aromatic carbocycles. The number of amides is 1. The number of benzene rings is 1. The van der Waals surface area contributed by atoms with Crippen LogP contribution < -0.4 is 0 Å². The summed E-state index contributed by atoms with van der Waals surface area (Å²) >= 11 is 0. The molecule has 2 aromatic rings. The Morgan fingerprint density at radius 1 is 1.31 bits per heavy atom. The zero-order valence-corrected chi connectivity index (χ0v) is 16.0. The molecule has 0 aliphatic carbocycles. The van der Waals surface area contributed by atoms with Gasteiger partial charge in [0.15, 0.2) is 0 Å². The Morgan fingerprint density at radius 3 is 2.58 bits per heavy atom. The van der Waals surface area contributed by atoms with Crippen LogP contribution in [0.4, 0.5) is 0 Å². The number of sulfonamides is 1. The standard InChI is InChI=1S/C18H23N3O4S/c1-12(2)14-4-6-15(7-5-14)18-19-16(25-20-18)8-9-17(22)21-11-10-13(3)26(21,23)24/h4-7,12-13H,8-11H2,1-3H3. The van der Waals surface area contributed by atoms with Gasteiger partial charge in [-0.2, -0.15) is 4.98 Å². The maximum atomic E-state index is 12.2. The van der Waals surface area contributed by atoms with Gasteiger partial charge in [-0.25, -0.2) is 12.7 Å². The van der Waals surface area contributed by atoms with E-state index in [1.54, 1.807) is 6.92 Å². The van der Waals surface area contributed by atoms with Crippen LogP contribution >= 0.6 is 0 Å². The number of carbonyl (C=O) groups excluding carboxylic acids is 1. The first-order chi connectivity index (χ1) is 12.3. The average Bonchev–Trinajstić information content (AvgIpc) is 3.18. The van der Waals surface area contributed by atoms with Crippen molar-refractivity contribution >= 4 is 15.9 Å². The average molecular weight is 377 g/mol. The van der Waals surface area contributed by atoms with Gasteiger partial charge in [0, 0.05) is 24.9 Å². The Balaban J connectivity index is 1.63. The highest BCUT2D eigenvalue weighted by Crippen LogP contribution is 2.23. The van der Waals surface area contributed by atoms with Crippen LogP contribution in [0.2, 0.25) is 0 Å². The van der Waals surface area contributed by atoms with E-state index in [2.05, 4.69) is 24.0 Å². The third-order valence-corrected chi connectivity index (χ3v) is 6.94. The molecule has 0 spiro atoms. The van der Waals surface area contributed by atoms with Crippen LogP contribution in [-0.4, -0.2) is 40.6 Å². The highest BCUT2D eigenvalue weighted by Gasteiger charge is 2.38. The van der Waals surface area contributed by atoms with Crippen LogP contribution in [0, 0.1) is 0 Å². The van der Waals surface area contributed by atoms with Crippen LogP contribution in [0.15, 0.2) is 28.8 Å². The van der Waals surface area contributed by atoms with Gasteiger partial charge >= 0.3 is 0 Å². The van der Waals surface area contributed by atoms with E-state index in [1.165, 1.54) is 5.56 Å². The number of aryl methyl sites for hydroxylation is 1. The zero-order chi connectivity index (χ0) is 18.9. The highest BCUT2D eigenvalue weighted by molar-refractivity contribution is 7.90. The van der Waals surface area contributed by atoms with Gasteiger partial charge in [0.1, 0.15) is 0 Å². The number of hydrogen-bond acceptors (Lipinski definition) is 6. The molecule has 7 nitrogen and oxygen atoms in total. The lowest BCUT2D eigenvalue weighted by Crippen LogP contribution is -2.34. The topological polar surface area (TPSA) is 93.4 Å². The summed E-state index contributed by atoms with van der Waals surface area (Å²) in [6.07, 6.45) is 0.724. The van der Waals surface area contributed by atoms with Crippen molar-refractivity contribution < 1.29 is 17.7 Å². The summed E-state index contributed by atoms with van der Waals surface area (Å²) in [5, 5.41) is 3.44. The van der Waals surface area contributed by atoms with Gasteiger partial charge in [-0.15, -0.1) is 0 Å². The molecule has 2 heterocycles. The zero-order valence-electron chi connectivity index (χ0n) is 15.2. The van der Waals surface area contributed by atoms with Crippen molar-refractivity contribution in [2.24, 2.45) is 0 Å². The van der Waals surface area contributed by atoms with Gasteiger partial charge < -0.3 is 4.52 Å². The Kier molecular flexibility index (Phi) is 5.13. The lowest BCUT2D eigenvalue weighted by molar-refractivity contribution is -0.126. The number of aromatic nitrogens is 2. The summed E-state index contributed by atoms with van der Waals surface area (Å²) in [6, 6.07) is 7.93. The van der Waals surface area contributed by atoms with Crippen molar-refractivity contribution in [2.75, 3.05) is 6.54 Å². The molecule has 1 fully saturated rings. The van der Waals surface area contributed by atoms with Crippen molar-refractivity contribution in [2.45, 2.75) is 51.2 Å². The molecular formula is C18H23N3O4S. The minimum Gasteiger partial charge on any atom is -0.339 e. The maximum absolute atomic E-state index is 12.2. The third-order valence-electron chi connectivity index (χ3n) is 4.69. The van der Waals surface area contributed by atoms with Crippen molar-refractivity contribution in [1.29, 1.82) is 0 Å². The molecule has 140 valence electrons. The van der Waals surface area contributed by atoms with Crippen molar-refractivity contribution in [3.8, 4) is 11.4 Å². The first kappa shape index (κ1) is 18.6. The molecule has 0 N–H and O–H groups in total. The Morgan fingerprint density at radius 2 is 2.00 bits per heavy atom. The van der Waals surface area contributed by atoms with Gasteiger partial charge in [-0.1, -0.05) is 43.3 Å². The van der Waals surface area contributed by atoms with Gasteiger partial charge in [-0.3, -0.25) is 4.79 Å². The minimum absolute atomic E-state index is 0.0276. The number of rotatable bonds is 5. The summed E-state index contributed by atoms with van der Waals surface area (Å²) in [7, 11) is -3.50. The fourth-order valence-electron chi connectivity index (χ4n) is 2.89. The molecule has 1 atom stereocenters. The molecule has 0 saturated carbocycles. The monoisotopic (exact) mass is 377 g/mol. The molecule has 1 saturated heterocycles. The Labute approximate surface area is 153 Å². The quantitative estimate of drug-likeness (QED) is 0.795. The number of carbonyl (C=O) groups is 1. The van der Waals surface area contributed by atoms with Gasteiger partial charge in [0.2, 0.25) is 27.6 Å². The summed E-state index contributed by atoms with van der Waals surface area (Å²) < 4.78 is 30.3. The van der Waals surface area contributed by atoms with E-state index in [-0.39, 0.29) is 19.4 Å². The van der Waals surface area contributed by atoms with Crippen LogP contribution in [-0.2, 0) is 21.2 Å². The fourth-order valence-corrected chi connectivity index (χ4v) is 4.46. The molecule has 1 unspecified atom stereocenters. The molecule has 26 heavy (non-hydrogen) atoms. The maximum Gasteiger partial charge on any atom is 0.239 e. The van der Waals surface area contributed by atoms with Crippen molar-refractivity contribution in [1.82, 2.24) is 14.4 Å². The second kappa shape index (κ2) is 7.19. The second-order valence-corrected chi connectivity index (χ2v) is 9.17. The van der Waals surface area contributed by atoms with Crippen LogP contribution in [0.5, 0.6) is 0 Å². The third kappa shape index (κ3) is 3.65. The minimum atomic E-state index is -3.50. The molecule has 1 aromatic heterocycles. The van der Waals surface area contributed by atoms with E-state index in [0.29, 0.717) is 24.1 Å². The molecule has 1 aliphatic rings. The van der Waals surface area contributed by atoms with Crippen LogP contribution in [0.3, 0.4) is 0 Å². The van der Waals surface area contributed by atoms with Crippen LogP contribution in [0.1, 0.15) is 51.0 Å². The first-order valence-electron chi connectivity index (χ1n) is 8.76. The Hall–Kier alpha value is -2.22. The second-order valence-electron chi connectivity index (χ2n) is 6.90. The highest BCUT2D eigenvalue weighted by atomic mass is 32.2. The smallest absolute Gasteiger partial charge is 0.239 e. The van der Waals surface area contributed by atoms with E-state index in [4.69, 9.17) is 4.52 Å². The molecule has 8 heteroatoms. The molecule has 1 amide bonds. The summed E-state index contributed by atoms with van der Waals surface area (Å²) in [5.41, 5.74) is 2.07. The predicted octanol–water partition coefficient (Wildman–Crippen LogP) is 2.74. The van der Waals surface area contributed by atoms with E-state index in [9.17, 15) is 13.2 Å². The van der Waals surface area contributed by atoms with Gasteiger partial charge in [0.25, 0.3) is 0 Å². The fraction of sp³-hybridized carbons (Fsp3) is 0.500. The lowest BCUT2D eigenvalue weighted by atomic mass is 10.0. The molecular weight excluding hydrogens is 354 g/mol. The van der Waals surface area contributed by atoms with Gasteiger partial charge in [0.05, 0.1) is 5.25 Å². The van der Waals surface area contributed by atoms with Crippen molar-refractivity contribution in [3.63, 3.8) is 0 Å². The summed E-state index contributed by atoms with van der Waals surface area (Å²) in [4.78, 5) is 16.5. The number of nitrogens with zero attached hydrogens (tertiary/aromatic N) is 3. The normalized spacial score (nSPS) is 19.2. The van der Waals surface area contributed by atoms with E-state index >= 15 is 0 Å². The first-order valence-corrected chi connectivity index (χ1v) is 10.3. The largest absolute Gasteiger partial charge is 0.339 e. The molecule has 0 radical (unpaired) electrons. The predicted molar refractivity (Wildman–Crippen MR) is 96.9 cm³/mol. The molecule has 3 rings (SSSR count). The van der Waals surface area contributed by atoms with Gasteiger partial charge in [-0.05, 0) is 24.8 Å².